The largest absolute Gasteiger partial charge is 0.384 e. The summed E-state index contributed by atoms with van der Waals surface area (Å²) in [7, 11) is 1.79. The van der Waals surface area contributed by atoms with Crippen LogP contribution in [0.2, 0.25) is 0 Å². The number of methoxy groups -OCH3 is 1. The maximum absolute atomic E-state index is 5.88. The van der Waals surface area contributed by atoms with E-state index in [4.69, 9.17) is 14.2 Å². The number of hydrogen-bond donors (Lipinski definition) is 1. The molecule has 0 unspecified atom stereocenters. The van der Waals surface area contributed by atoms with Crippen LogP contribution in [0.5, 0.6) is 0 Å². The van der Waals surface area contributed by atoms with Crippen LogP contribution in [-0.4, -0.2) is 36.4 Å². The molecule has 4 rings (SSSR count). The summed E-state index contributed by atoms with van der Waals surface area (Å²) in [5, 5.41) is 8.14. The Morgan fingerprint density at radius 1 is 1.13 bits per heavy atom. The second-order valence-electron chi connectivity index (χ2n) is 7.86. The van der Waals surface area contributed by atoms with E-state index in [1.54, 1.807) is 7.11 Å². The number of aromatic nitrogens is 2. The predicted molar refractivity (Wildman–Crippen MR) is 87.5 cm³/mol. The molecule has 1 N–H and O–H groups in total. The van der Waals surface area contributed by atoms with E-state index in [0.29, 0.717) is 12.6 Å². The second kappa shape index (κ2) is 6.17. The summed E-state index contributed by atoms with van der Waals surface area (Å²) >= 11 is 0. The van der Waals surface area contributed by atoms with Crippen molar-refractivity contribution in [3.8, 4) is 0 Å². The first-order chi connectivity index (χ1) is 11.3. The molecule has 1 aliphatic heterocycles. The average Bonchev–Trinajstić information content (AvgIpc) is 3.24. The van der Waals surface area contributed by atoms with E-state index < -0.39 is 0 Å². The lowest BCUT2D eigenvalue weighted by Gasteiger charge is -2.36. The smallest absolute Gasteiger partial charge is 0.234 e. The molecule has 1 aromatic rings. The summed E-state index contributed by atoms with van der Waals surface area (Å²) in [6, 6.07) is 0.522. The van der Waals surface area contributed by atoms with E-state index in [1.807, 2.05) is 0 Å². The fourth-order valence-corrected chi connectivity index (χ4v) is 5.25. The molecule has 0 spiro atoms. The van der Waals surface area contributed by atoms with Crippen LogP contribution in [0.15, 0.2) is 4.52 Å². The monoisotopic (exact) mass is 319 g/mol. The van der Waals surface area contributed by atoms with Crippen LogP contribution in [0, 0.1) is 0 Å². The molecule has 3 aliphatic rings. The molecule has 3 fully saturated rings. The van der Waals surface area contributed by atoms with Gasteiger partial charge in [0.1, 0.15) is 0 Å². The molecule has 0 radical (unpaired) electrons. The predicted octanol–water partition coefficient (Wildman–Crippen LogP) is 3.09. The van der Waals surface area contributed by atoms with Gasteiger partial charge in [-0.3, -0.25) is 0 Å². The first-order valence-electron chi connectivity index (χ1n) is 9.36. The Balaban J connectivity index is 1.65. The standard InChI is InChI=1S/C18H29N3O2/c1-22-13-17(8-4-2-5-9-17)15-20-16(23-21-15)18-10-6-3-7-14(18)19-12-11-18/h14,19H,2-13H2,1H3/t14-,18+/m0/s1. The van der Waals surface area contributed by atoms with Crippen LogP contribution in [0.25, 0.3) is 0 Å². The third kappa shape index (κ3) is 2.52. The maximum Gasteiger partial charge on any atom is 0.234 e. The quantitative estimate of drug-likeness (QED) is 0.924. The third-order valence-corrected chi connectivity index (χ3v) is 6.55. The zero-order valence-corrected chi connectivity index (χ0v) is 14.3. The molecule has 2 heterocycles. The Hall–Kier alpha value is -0.940. The highest BCUT2D eigenvalue weighted by Crippen LogP contribution is 2.46. The normalized spacial score (nSPS) is 33.5. The van der Waals surface area contributed by atoms with Crippen molar-refractivity contribution in [3.63, 3.8) is 0 Å². The number of rotatable bonds is 4. The summed E-state index contributed by atoms with van der Waals surface area (Å²) in [5.74, 6) is 1.79. The van der Waals surface area contributed by atoms with Crippen molar-refractivity contribution in [2.75, 3.05) is 20.3 Å². The highest BCUT2D eigenvalue weighted by atomic mass is 16.5. The summed E-state index contributed by atoms with van der Waals surface area (Å²) in [4.78, 5) is 4.98. The first-order valence-corrected chi connectivity index (χ1v) is 9.36. The summed E-state index contributed by atoms with van der Waals surface area (Å²) in [6.07, 6.45) is 12.2. The molecule has 23 heavy (non-hydrogen) atoms. The summed E-state index contributed by atoms with van der Waals surface area (Å²) < 4.78 is 11.4. The fourth-order valence-electron chi connectivity index (χ4n) is 5.25. The second-order valence-corrected chi connectivity index (χ2v) is 7.86. The summed E-state index contributed by atoms with van der Waals surface area (Å²) in [6.45, 7) is 1.78. The molecule has 1 aromatic heterocycles. The Morgan fingerprint density at radius 2 is 1.96 bits per heavy atom. The van der Waals surface area contributed by atoms with Crippen molar-refractivity contribution in [2.24, 2.45) is 0 Å². The molecule has 0 bridgehead atoms. The topological polar surface area (TPSA) is 60.2 Å². The van der Waals surface area contributed by atoms with Gasteiger partial charge in [0.25, 0.3) is 0 Å². The van der Waals surface area contributed by atoms with Gasteiger partial charge in [-0.1, -0.05) is 37.3 Å². The van der Waals surface area contributed by atoms with Gasteiger partial charge < -0.3 is 14.6 Å². The molecular formula is C18H29N3O2. The Kier molecular flexibility index (Phi) is 4.18. The Bertz CT molecular complexity index is 533. The van der Waals surface area contributed by atoms with Crippen molar-refractivity contribution in [2.45, 2.75) is 81.1 Å². The van der Waals surface area contributed by atoms with E-state index in [-0.39, 0.29) is 10.8 Å². The van der Waals surface area contributed by atoms with Crippen molar-refractivity contribution in [3.05, 3.63) is 11.7 Å². The van der Waals surface area contributed by atoms with E-state index in [1.165, 1.54) is 44.9 Å². The van der Waals surface area contributed by atoms with Crippen molar-refractivity contribution < 1.29 is 9.26 Å². The molecule has 5 heteroatoms. The van der Waals surface area contributed by atoms with Crippen LogP contribution in [0.4, 0.5) is 0 Å². The van der Waals surface area contributed by atoms with Gasteiger partial charge in [0.2, 0.25) is 5.89 Å². The highest BCUT2D eigenvalue weighted by Gasteiger charge is 2.50. The van der Waals surface area contributed by atoms with Crippen molar-refractivity contribution in [1.82, 2.24) is 15.5 Å². The molecule has 128 valence electrons. The van der Waals surface area contributed by atoms with Crippen LogP contribution in [0.3, 0.4) is 0 Å². The van der Waals surface area contributed by atoms with Crippen molar-refractivity contribution in [1.29, 1.82) is 0 Å². The molecule has 5 nitrogen and oxygen atoms in total. The molecule has 2 atom stereocenters. The number of nitrogens with one attached hydrogen (secondary N) is 1. The zero-order chi connectivity index (χ0) is 15.8. The van der Waals surface area contributed by atoms with Crippen molar-refractivity contribution >= 4 is 0 Å². The van der Waals surface area contributed by atoms with Crippen LogP contribution < -0.4 is 5.32 Å². The third-order valence-electron chi connectivity index (χ3n) is 6.55. The lowest BCUT2D eigenvalue weighted by molar-refractivity contribution is 0.0960. The van der Waals surface area contributed by atoms with E-state index in [2.05, 4.69) is 10.5 Å². The lowest BCUT2D eigenvalue weighted by Crippen LogP contribution is -2.43. The van der Waals surface area contributed by atoms with Gasteiger partial charge in [0.15, 0.2) is 5.82 Å². The van der Waals surface area contributed by atoms with Crippen LogP contribution in [-0.2, 0) is 15.6 Å². The number of ether oxygens (including phenoxy) is 1. The number of nitrogens with zero attached hydrogens (tertiary/aromatic N) is 2. The van der Waals surface area contributed by atoms with Crippen LogP contribution in [0.1, 0.15) is 75.9 Å². The Labute approximate surface area is 138 Å². The molecule has 0 aromatic carbocycles. The molecule has 1 saturated heterocycles. The van der Waals surface area contributed by atoms with Gasteiger partial charge >= 0.3 is 0 Å². The summed E-state index contributed by atoms with van der Waals surface area (Å²) in [5.41, 5.74) is 0.0635. The lowest BCUT2D eigenvalue weighted by atomic mass is 9.70. The van der Waals surface area contributed by atoms with E-state index >= 15 is 0 Å². The average molecular weight is 319 g/mol. The minimum atomic E-state index is -0.0262. The maximum atomic E-state index is 5.88. The SMILES string of the molecule is COCC1(c2noc([C@@]34CCCC[C@@H]3NCC4)n2)CCCCC1. The van der Waals surface area contributed by atoms with Gasteiger partial charge in [-0.15, -0.1) is 0 Å². The van der Waals surface area contributed by atoms with Crippen LogP contribution >= 0.6 is 0 Å². The minimum Gasteiger partial charge on any atom is -0.384 e. The number of fused-ring (bicyclic) bond motifs is 1. The van der Waals surface area contributed by atoms with E-state index in [0.717, 1.165) is 37.5 Å². The Morgan fingerprint density at radius 3 is 2.78 bits per heavy atom. The van der Waals surface area contributed by atoms with Gasteiger partial charge in [-0.05, 0) is 38.6 Å². The van der Waals surface area contributed by atoms with Gasteiger partial charge in [0, 0.05) is 13.2 Å². The van der Waals surface area contributed by atoms with Gasteiger partial charge in [0.05, 0.1) is 17.4 Å². The molecule has 2 saturated carbocycles. The molecular weight excluding hydrogens is 290 g/mol. The molecule has 0 amide bonds. The molecule has 2 aliphatic carbocycles. The highest BCUT2D eigenvalue weighted by molar-refractivity contribution is 5.19. The van der Waals surface area contributed by atoms with Gasteiger partial charge in [-0.25, -0.2) is 0 Å². The van der Waals surface area contributed by atoms with Gasteiger partial charge in [-0.2, -0.15) is 4.98 Å². The minimum absolute atomic E-state index is 0.0262. The zero-order valence-electron chi connectivity index (χ0n) is 14.3. The fraction of sp³-hybridized carbons (Fsp3) is 0.889. The van der Waals surface area contributed by atoms with E-state index in [9.17, 15) is 0 Å². The first kappa shape index (κ1) is 15.6. The number of hydrogen-bond acceptors (Lipinski definition) is 5.